The monoisotopic (exact) mass is 497 g/mol. The van der Waals surface area contributed by atoms with Crippen LogP contribution in [0.2, 0.25) is 0 Å². The molecule has 1 nitrogen and oxygen atoms in total. The molecule has 0 saturated heterocycles. The number of benzene rings is 7. The Kier molecular flexibility index (Phi) is 5.88. The summed E-state index contributed by atoms with van der Waals surface area (Å²) in [5.74, 6) is 0. The highest BCUT2D eigenvalue weighted by molar-refractivity contribution is 5.98. The van der Waals surface area contributed by atoms with Gasteiger partial charge in [0.25, 0.3) is 0 Å². The van der Waals surface area contributed by atoms with Crippen molar-refractivity contribution in [3.8, 4) is 33.4 Å². The second kappa shape index (κ2) is 9.96. The van der Waals surface area contributed by atoms with Gasteiger partial charge in [0.15, 0.2) is 0 Å². The molecule has 39 heavy (non-hydrogen) atoms. The standard InChI is InChI=1S/C38H27N/c1-3-14-35-28(8-1)10-6-16-37(35)30-20-24-34(25-21-30)39-33-22-18-27(19-23-33)31-12-5-13-32(26-31)38-17-7-11-29-9-2-4-15-36(29)38/h1-26,39H. The fraction of sp³-hybridized carbons (Fsp3) is 0. The molecule has 7 rings (SSSR count). The van der Waals surface area contributed by atoms with Gasteiger partial charge in [-0.2, -0.15) is 0 Å². The first-order chi connectivity index (χ1) is 19.3. The summed E-state index contributed by atoms with van der Waals surface area (Å²) in [6.45, 7) is 0. The predicted molar refractivity (Wildman–Crippen MR) is 167 cm³/mol. The van der Waals surface area contributed by atoms with Crippen molar-refractivity contribution in [2.45, 2.75) is 0 Å². The SMILES string of the molecule is c1cc(-c2ccc(Nc3ccc(-c4cccc5ccccc45)cc3)cc2)cc(-c2cccc3ccccc23)c1. The first-order valence-electron chi connectivity index (χ1n) is 13.4. The van der Waals surface area contributed by atoms with Gasteiger partial charge in [-0.25, -0.2) is 0 Å². The van der Waals surface area contributed by atoms with E-state index in [0.717, 1.165) is 11.4 Å². The fourth-order valence-corrected chi connectivity index (χ4v) is 5.47. The third kappa shape index (κ3) is 4.56. The molecular weight excluding hydrogens is 470 g/mol. The Bertz CT molecular complexity index is 1900. The highest BCUT2D eigenvalue weighted by atomic mass is 14.9. The minimum Gasteiger partial charge on any atom is -0.356 e. The van der Waals surface area contributed by atoms with E-state index < -0.39 is 0 Å². The maximum absolute atomic E-state index is 3.56. The zero-order chi connectivity index (χ0) is 26.0. The maximum Gasteiger partial charge on any atom is 0.0384 e. The summed E-state index contributed by atoms with van der Waals surface area (Å²) < 4.78 is 0. The smallest absolute Gasteiger partial charge is 0.0384 e. The van der Waals surface area contributed by atoms with Gasteiger partial charge in [0, 0.05) is 11.4 Å². The van der Waals surface area contributed by atoms with Crippen LogP contribution in [0.1, 0.15) is 0 Å². The quantitative estimate of drug-likeness (QED) is 0.249. The Labute approximate surface area is 229 Å². The molecule has 7 aromatic carbocycles. The molecular formula is C38H27N. The molecule has 0 spiro atoms. The van der Waals surface area contributed by atoms with E-state index in [1.54, 1.807) is 0 Å². The summed E-state index contributed by atoms with van der Waals surface area (Å²) >= 11 is 0. The molecule has 0 atom stereocenters. The van der Waals surface area contributed by atoms with Crippen LogP contribution in [-0.2, 0) is 0 Å². The Morgan fingerprint density at radius 2 is 0.769 bits per heavy atom. The first-order valence-corrected chi connectivity index (χ1v) is 13.4. The number of rotatable bonds is 5. The van der Waals surface area contributed by atoms with E-state index in [4.69, 9.17) is 0 Å². The van der Waals surface area contributed by atoms with E-state index in [1.807, 2.05) is 0 Å². The van der Waals surface area contributed by atoms with Crippen LogP contribution in [0.25, 0.3) is 54.9 Å². The van der Waals surface area contributed by atoms with Crippen LogP contribution in [0.3, 0.4) is 0 Å². The molecule has 0 radical (unpaired) electrons. The van der Waals surface area contributed by atoms with Crippen LogP contribution >= 0.6 is 0 Å². The second-order valence-electron chi connectivity index (χ2n) is 9.91. The van der Waals surface area contributed by atoms with Crippen LogP contribution in [-0.4, -0.2) is 0 Å². The van der Waals surface area contributed by atoms with Gasteiger partial charge < -0.3 is 5.32 Å². The van der Waals surface area contributed by atoms with Crippen molar-refractivity contribution < 1.29 is 0 Å². The van der Waals surface area contributed by atoms with Gasteiger partial charge in [-0.15, -0.1) is 0 Å². The van der Waals surface area contributed by atoms with Gasteiger partial charge in [0.1, 0.15) is 0 Å². The third-order valence-electron chi connectivity index (χ3n) is 7.46. The van der Waals surface area contributed by atoms with Crippen molar-refractivity contribution in [2.24, 2.45) is 0 Å². The zero-order valence-corrected chi connectivity index (χ0v) is 21.5. The topological polar surface area (TPSA) is 12.0 Å². The van der Waals surface area contributed by atoms with Crippen molar-refractivity contribution in [1.29, 1.82) is 0 Å². The molecule has 0 fully saturated rings. The van der Waals surface area contributed by atoms with E-state index in [1.165, 1.54) is 54.9 Å². The average molecular weight is 498 g/mol. The largest absolute Gasteiger partial charge is 0.356 e. The number of anilines is 2. The van der Waals surface area contributed by atoms with E-state index in [9.17, 15) is 0 Å². The van der Waals surface area contributed by atoms with Gasteiger partial charge in [-0.05, 0) is 85.3 Å². The van der Waals surface area contributed by atoms with Crippen molar-refractivity contribution in [2.75, 3.05) is 5.32 Å². The molecule has 184 valence electrons. The summed E-state index contributed by atoms with van der Waals surface area (Å²) in [5, 5.41) is 8.64. The molecule has 0 aliphatic rings. The number of fused-ring (bicyclic) bond motifs is 2. The second-order valence-corrected chi connectivity index (χ2v) is 9.91. The summed E-state index contributed by atoms with van der Waals surface area (Å²) in [7, 11) is 0. The van der Waals surface area contributed by atoms with Gasteiger partial charge in [0.05, 0.1) is 0 Å². The van der Waals surface area contributed by atoms with Crippen molar-refractivity contribution in [3.63, 3.8) is 0 Å². The molecule has 0 aliphatic carbocycles. The van der Waals surface area contributed by atoms with Crippen molar-refractivity contribution in [3.05, 3.63) is 158 Å². The summed E-state index contributed by atoms with van der Waals surface area (Å²) in [6, 6.07) is 56.3. The molecule has 1 N–H and O–H groups in total. The molecule has 1 heteroatoms. The van der Waals surface area contributed by atoms with E-state index >= 15 is 0 Å². The minimum atomic E-state index is 1.07. The highest BCUT2D eigenvalue weighted by Gasteiger charge is 2.07. The molecule has 0 bridgehead atoms. The number of hydrogen-bond donors (Lipinski definition) is 1. The van der Waals surface area contributed by atoms with Gasteiger partial charge in [-0.1, -0.05) is 127 Å². The summed E-state index contributed by atoms with van der Waals surface area (Å²) in [6.07, 6.45) is 0. The van der Waals surface area contributed by atoms with E-state index in [-0.39, 0.29) is 0 Å². The number of hydrogen-bond acceptors (Lipinski definition) is 1. The molecule has 7 aromatic rings. The van der Waals surface area contributed by atoms with Crippen molar-refractivity contribution in [1.82, 2.24) is 0 Å². The highest BCUT2D eigenvalue weighted by Crippen LogP contribution is 2.33. The Morgan fingerprint density at radius 3 is 1.38 bits per heavy atom. The normalized spacial score (nSPS) is 11.1. The summed E-state index contributed by atoms with van der Waals surface area (Å²) in [5.41, 5.74) is 9.54. The van der Waals surface area contributed by atoms with Crippen LogP contribution in [0.15, 0.2) is 158 Å². The van der Waals surface area contributed by atoms with Crippen LogP contribution in [0.5, 0.6) is 0 Å². The van der Waals surface area contributed by atoms with Crippen LogP contribution in [0, 0.1) is 0 Å². The fourth-order valence-electron chi connectivity index (χ4n) is 5.47. The lowest BCUT2D eigenvalue weighted by atomic mass is 9.95. The van der Waals surface area contributed by atoms with Crippen molar-refractivity contribution >= 4 is 32.9 Å². The summed E-state index contributed by atoms with van der Waals surface area (Å²) in [4.78, 5) is 0. The molecule has 0 unspecified atom stereocenters. The first kappa shape index (κ1) is 23.0. The number of nitrogens with one attached hydrogen (secondary N) is 1. The lowest BCUT2D eigenvalue weighted by molar-refractivity contribution is 1.54. The molecule has 0 heterocycles. The van der Waals surface area contributed by atoms with Crippen LogP contribution < -0.4 is 5.32 Å². The minimum absolute atomic E-state index is 1.07. The molecule has 0 amide bonds. The van der Waals surface area contributed by atoms with E-state index in [2.05, 4.69) is 163 Å². The maximum atomic E-state index is 3.56. The molecule has 0 aromatic heterocycles. The lowest BCUT2D eigenvalue weighted by Gasteiger charge is -2.11. The predicted octanol–water partition coefficient (Wildman–Crippen LogP) is 10.7. The average Bonchev–Trinajstić information content (AvgIpc) is 3.01. The van der Waals surface area contributed by atoms with E-state index in [0.29, 0.717) is 0 Å². The van der Waals surface area contributed by atoms with Gasteiger partial charge >= 0.3 is 0 Å². The Morgan fingerprint density at radius 1 is 0.308 bits per heavy atom. The van der Waals surface area contributed by atoms with Gasteiger partial charge in [0.2, 0.25) is 0 Å². The van der Waals surface area contributed by atoms with Crippen LogP contribution in [0.4, 0.5) is 11.4 Å². The Hall–Kier alpha value is -5.14. The molecule has 0 saturated carbocycles. The van der Waals surface area contributed by atoms with Gasteiger partial charge in [-0.3, -0.25) is 0 Å². The Balaban J connectivity index is 1.11. The third-order valence-corrected chi connectivity index (χ3v) is 7.46. The molecule has 0 aliphatic heterocycles. The lowest BCUT2D eigenvalue weighted by Crippen LogP contribution is -1.90. The zero-order valence-electron chi connectivity index (χ0n) is 21.5.